The Kier molecular flexibility index (Phi) is 7.03. The van der Waals surface area contributed by atoms with E-state index in [1.807, 2.05) is 20.8 Å². The van der Waals surface area contributed by atoms with Gasteiger partial charge in [-0.25, -0.2) is 13.1 Å². The maximum Gasteiger partial charge on any atom is 0.241 e. The molecule has 0 spiro atoms. The topological polar surface area (TPSA) is 92.5 Å². The van der Waals surface area contributed by atoms with E-state index in [9.17, 15) is 13.2 Å². The number of rotatable bonds is 6. The molecule has 1 heterocycles. The minimum atomic E-state index is -3.66. The molecule has 0 bridgehead atoms. The van der Waals surface area contributed by atoms with Crippen molar-refractivity contribution >= 4 is 34.0 Å². The lowest BCUT2D eigenvalue weighted by Gasteiger charge is -2.31. The van der Waals surface area contributed by atoms with Gasteiger partial charge in [0.1, 0.15) is 0 Å². The van der Waals surface area contributed by atoms with E-state index < -0.39 is 15.6 Å². The Balaban J connectivity index is 0.00000312. The van der Waals surface area contributed by atoms with E-state index in [0.29, 0.717) is 19.3 Å². The predicted molar refractivity (Wildman–Crippen MR) is 103 cm³/mol. The van der Waals surface area contributed by atoms with E-state index in [0.717, 1.165) is 11.3 Å². The highest BCUT2D eigenvalue weighted by molar-refractivity contribution is 7.89. The van der Waals surface area contributed by atoms with Gasteiger partial charge in [-0.2, -0.15) is 0 Å². The summed E-state index contributed by atoms with van der Waals surface area (Å²) in [6.45, 7) is 7.58. The normalized spacial score (nSPS) is 17.2. The third-order valence-corrected chi connectivity index (χ3v) is 6.59. The summed E-state index contributed by atoms with van der Waals surface area (Å²) in [5, 5.41) is 0. The van der Waals surface area contributed by atoms with E-state index in [1.54, 1.807) is 23.1 Å². The molecule has 0 aliphatic carbocycles. The van der Waals surface area contributed by atoms with Crippen LogP contribution in [0.3, 0.4) is 0 Å². The number of carbonyl (C=O) groups is 1. The first-order valence-corrected chi connectivity index (χ1v) is 9.84. The third-order valence-electron chi connectivity index (χ3n) is 5.01. The van der Waals surface area contributed by atoms with Gasteiger partial charge in [0, 0.05) is 30.7 Å². The van der Waals surface area contributed by atoms with Gasteiger partial charge in [-0.15, -0.1) is 12.4 Å². The van der Waals surface area contributed by atoms with Gasteiger partial charge in [0.05, 0.1) is 4.90 Å². The Hall–Kier alpha value is -1.15. The van der Waals surface area contributed by atoms with Gasteiger partial charge in [-0.05, 0) is 49.9 Å². The van der Waals surface area contributed by atoms with Crippen molar-refractivity contribution in [1.29, 1.82) is 0 Å². The summed E-state index contributed by atoms with van der Waals surface area (Å²) in [6.07, 6.45) is 1.90. The van der Waals surface area contributed by atoms with Crippen LogP contribution in [0.25, 0.3) is 0 Å². The van der Waals surface area contributed by atoms with Crippen LogP contribution < -0.4 is 15.4 Å². The van der Waals surface area contributed by atoms with Crippen molar-refractivity contribution in [3.05, 3.63) is 23.8 Å². The van der Waals surface area contributed by atoms with Crippen LogP contribution in [0.15, 0.2) is 23.1 Å². The van der Waals surface area contributed by atoms with Crippen molar-refractivity contribution in [2.45, 2.75) is 63.4 Å². The lowest BCUT2D eigenvalue weighted by atomic mass is 9.95. The van der Waals surface area contributed by atoms with Gasteiger partial charge in [0.2, 0.25) is 15.9 Å². The second-order valence-corrected chi connectivity index (χ2v) is 8.21. The highest BCUT2D eigenvalue weighted by Crippen LogP contribution is 2.34. The Morgan fingerprint density at radius 3 is 2.44 bits per heavy atom. The molecule has 1 aliphatic rings. The molecule has 0 saturated heterocycles. The number of fused-ring (bicyclic) bond motifs is 1. The summed E-state index contributed by atoms with van der Waals surface area (Å²) in [5.41, 5.74) is 6.85. The molecule has 1 amide bonds. The molecule has 25 heavy (non-hydrogen) atoms. The molecular formula is C17H28ClN3O3S. The number of hydrogen-bond acceptors (Lipinski definition) is 4. The van der Waals surface area contributed by atoms with Crippen LogP contribution in [0, 0.1) is 0 Å². The average molecular weight is 390 g/mol. The van der Waals surface area contributed by atoms with Gasteiger partial charge in [-0.3, -0.25) is 4.79 Å². The molecule has 6 nitrogen and oxygen atoms in total. The SMILES string of the molecule is CCC(CC)(CN)NS(=O)(=O)c1ccc2c(c1)CC(C)N2C(C)=O.Cl. The molecule has 1 aromatic carbocycles. The van der Waals surface area contributed by atoms with Crippen LogP contribution in [0.2, 0.25) is 0 Å². The van der Waals surface area contributed by atoms with Gasteiger partial charge >= 0.3 is 0 Å². The van der Waals surface area contributed by atoms with Gasteiger partial charge in [-0.1, -0.05) is 13.8 Å². The fraction of sp³-hybridized carbons (Fsp3) is 0.588. The quantitative estimate of drug-likeness (QED) is 0.780. The zero-order chi connectivity index (χ0) is 18.1. The molecule has 1 aromatic rings. The van der Waals surface area contributed by atoms with Gasteiger partial charge < -0.3 is 10.6 Å². The highest BCUT2D eigenvalue weighted by Gasteiger charge is 2.33. The molecule has 0 fully saturated rings. The molecule has 3 N–H and O–H groups in total. The Morgan fingerprint density at radius 2 is 1.96 bits per heavy atom. The van der Waals surface area contributed by atoms with Crippen molar-refractivity contribution in [1.82, 2.24) is 4.72 Å². The van der Waals surface area contributed by atoms with Crippen LogP contribution in [-0.2, 0) is 21.2 Å². The number of nitrogens with zero attached hydrogens (tertiary/aromatic N) is 1. The molecule has 1 unspecified atom stereocenters. The van der Waals surface area contributed by atoms with Crippen LogP contribution >= 0.6 is 12.4 Å². The summed E-state index contributed by atoms with van der Waals surface area (Å²) in [4.78, 5) is 13.7. The summed E-state index contributed by atoms with van der Waals surface area (Å²) in [5.74, 6) is -0.0332. The first-order chi connectivity index (χ1) is 11.2. The molecule has 1 atom stereocenters. The number of anilines is 1. The van der Waals surface area contributed by atoms with Crippen LogP contribution in [0.4, 0.5) is 5.69 Å². The van der Waals surface area contributed by atoms with E-state index >= 15 is 0 Å². The number of nitrogens with two attached hydrogens (primary N) is 1. The fourth-order valence-corrected chi connectivity index (χ4v) is 4.93. The number of benzene rings is 1. The number of amides is 1. The lowest BCUT2D eigenvalue weighted by Crippen LogP contribution is -2.52. The van der Waals surface area contributed by atoms with Crippen molar-refractivity contribution in [3.8, 4) is 0 Å². The molecule has 0 radical (unpaired) electrons. The van der Waals surface area contributed by atoms with E-state index in [1.165, 1.54) is 6.92 Å². The molecule has 1 aliphatic heterocycles. The number of carbonyl (C=O) groups excluding carboxylic acids is 1. The van der Waals surface area contributed by atoms with Crippen LogP contribution in [-0.4, -0.2) is 32.5 Å². The summed E-state index contributed by atoms with van der Waals surface area (Å²) in [7, 11) is -3.66. The maximum absolute atomic E-state index is 12.8. The molecule has 0 saturated carbocycles. The largest absolute Gasteiger partial charge is 0.329 e. The zero-order valence-electron chi connectivity index (χ0n) is 15.2. The minimum Gasteiger partial charge on any atom is -0.329 e. The lowest BCUT2D eigenvalue weighted by molar-refractivity contribution is -0.116. The second-order valence-electron chi connectivity index (χ2n) is 6.53. The van der Waals surface area contributed by atoms with Gasteiger partial charge in [0.15, 0.2) is 0 Å². The van der Waals surface area contributed by atoms with E-state index in [2.05, 4.69) is 4.72 Å². The van der Waals surface area contributed by atoms with E-state index in [4.69, 9.17) is 5.73 Å². The first-order valence-electron chi connectivity index (χ1n) is 8.36. The Labute approximate surface area is 156 Å². The summed E-state index contributed by atoms with van der Waals surface area (Å²) in [6, 6.07) is 4.99. The van der Waals surface area contributed by atoms with Crippen LogP contribution in [0.1, 0.15) is 46.1 Å². The highest BCUT2D eigenvalue weighted by atomic mass is 35.5. The molecule has 142 valence electrons. The van der Waals surface area contributed by atoms with Crippen LogP contribution in [0.5, 0.6) is 0 Å². The maximum atomic E-state index is 12.8. The first kappa shape index (κ1) is 21.9. The number of sulfonamides is 1. The van der Waals surface area contributed by atoms with E-state index in [-0.39, 0.29) is 35.8 Å². The molecular weight excluding hydrogens is 362 g/mol. The number of nitrogens with one attached hydrogen (secondary N) is 1. The monoisotopic (exact) mass is 389 g/mol. The van der Waals surface area contributed by atoms with Crippen molar-refractivity contribution in [3.63, 3.8) is 0 Å². The van der Waals surface area contributed by atoms with Crippen molar-refractivity contribution in [2.75, 3.05) is 11.4 Å². The van der Waals surface area contributed by atoms with Crippen molar-refractivity contribution in [2.24, 2.45) is 5.73 Å². The summed E-state index contributed by atoms with van der Waals surface area (Å²) < 4.78 is 28.3. The Bertz CT molecular complexity index is 724. The van der Waals surface area contributed by atoms with Gasteiger partial charge in [0.25, 0.3) is 0 Å². The number of halogens is 1. The molecule has 0 aromatic heterocycles. The summed E-state index contributed by atoms with van der Waals surface area (Å²) >= 11 is 0. The number of hydrogen-bond donors (Lipinski definition) is 2. The predicted octanol–water partition coefficient (Wildman–Crippen LogP) is 2.20. The standard InChI is InChI=1S/C17H27N3O3S.ClH/c1-5-17(6-2,11-18)19-24(22,23)15-7-8-16-14(10-15)9-12(3)20(16)13(4)21;/h7-8,10,12,19H,5-6,9,11,18H2,1-4H3;1H. The second kappa shape index (κ2) is 8.03. The Morgan fingerprint density at radius 1 is 1.36 bits per heavy atom. The fourth-order valence-electron chi connectivity index (χ4n) is 3.32. The zero-order valence-corrected chi connectivity index (χ0v) is 16.8. The minimum absolute atomic E-state index is 0. The molecule has 2 rings (SSSR count). The average Bonchev–Trinajstić information content (AvgIpc) is 2.87. The van der Waals surface area contributed by atoms with Crippen molar-refractivity contribution < 1.29 is 13.2 Å². The molecule has 8 heteroatoms. The third kappa shape index (κ3) is 4.16. The smallest absolute Gasteiger partial charge is 0.241 e.